The number of hydrogen-bond acceptors (Lipinski definition) is 9. The fourth-order valence-corrected chi connectivity index (χ4v) is 7.25. The molecule has 7 aromatic rings. The van der Waals surface area contributed by atoms with Crippen LogP contribution in [-0.4, -0.2) is 39.6 Å². The number of terminal acetylenes is 6. The molecule has 0 aromatic heterocycles. The maximum atomic E-state index is 6.22. The van der Waals surface area contributed by atoms with E-state index in [0.717, 1.165) is 50.1 Å². The Kier molecular flexibility index (Phi) is 18.1. The van der Waals surface area contributed by atoms with Gasteiger partial charge in [-0.3, -0.25) is 0 Å². The van der Waals surface area contributed by atoms with Crippen LogP contribution in [0.4, 0.5) is 0 Å². The summed E-state index contributed by atoms with van der Waals surface area (Å²) in [5.41, 5.74) is 8.41. The summed E-state index contributed by atoms with van der Waals surface area (Å²) in [6, 6.07) is 46.7. The average molecular weight is 949 g/mol. The lowest BCUT2D eigenvalue weighted by atomic mass is 9.93. The highest BCUT2D eigenvalue weighted by molar-refractivity contribution is 5.81. The van der Waals surface area contributed by atoms with Crippen molar-refractivity contribution >= 4 is 0 Å². The predicted molar refractivity (Wildman–Crippen MR) is 281 cm³/mol. The molecule has 0 fully saturated rings. The van der Waals surface area contributed by atoms with E-state index in [-0.39, 0.29) is 59.5 Å². The Labute approximate surface area is 421 Å². The maximum absolute atomic E-state index is 6.22. The molecule has 0 saturated carbocycles. The molecule has 0 bridgehead atoms. The summed E-state index contributed by atoms with van der Waals surface area (Å²) in [7, 11) is 0. The van der Waals surface area contributed by atoms with E-state index in [9.17, 15) is 0 Å². The second-order valence-corrected chi connectivity index (χ2v) is 15.6. The third-order valence-electron chi connectivity index (χ3n) is 10.5. The first-order chi connectivity index (χ1) is 35.3. The van der Waals surface area contributed by atoms with Crippen molar-refractivity contribution in [1.82, 2.24) is 0 Å². The van der Waals surface area contributed by atoms with Crippen molar-refractivity contribution in [1.29, 1.82) is 0 Å². The minimum absolute atomic E-state index is 0.114. The van der Waals surface area contributed by atoms with Crippen molar-refractivity contribution in [3.63, 3.8) is 0 Å². The van der Waals surface area contributed by atoms with Gasteiger partial charge in [-0.25, -0.2) is 0 Å². The summed E-state index contributed by atoms with van der Waals surface area (Å²) in [5, 5.41) is 0. The zero-order valence-corrected chi connectivity index (χ0v) is 39.4. The smallest absolute Gasteiger partial charge is 0.148 e. The van der Waals surface area contributed by atoms with E-state index < -0.39 is 0 Å². The summed E-state index contributed by atoms with van der Waals surface area (Å²) < 4.78 is 52.7. The largest absolute Gasteiger partial charge is 0.489 e. The van der Waals surface area contributed by atoms with Crippen LogP contribution in [-0.2, 0) is 19.8 Å². The zero-order valence-electron chi connectivity index (χ0n) is 39.4. The first-order valence-corrected chi connectivity index (χ1v) is 22.5. The molecule has 0 aliphatic carbocycles. The van der Waals surface area contributed by atoms with Gasteiger partial charge in [-0.05, 0) is 141 Å². The first-order valence-electron chi connectivity index (χ1n) is 22.5. The quantitative estimate of drug-likeness (QED) is 0.0550. The van der Waals surface area contributed by atoms with Crippen LogP contribution < -0.4 is 42.6 Å². The van der Waals surface area contributed by atoms with Crippen molar-refractivity contribution in [2.24, 2.45) is 0 Å². The molecule has 7 aromatic carbocycles. The minimum atomic E-state index is 0.114. The van der Waals surface area contributed by atoms with Crippen LogP contribution in [0.3, 0.4) is 0 Å². The molecule has 0 aliphatic heterocycles. The summed E-state index contributed by atoms with van der Waals surface area (Å²) in [6.07, 6.45) is 32.5. The van der Waals surface area contributed by atoms with Crippen LogP contribution in [0.5, 0.6) is 51.7 Å². The Morgan fingerprint density at radius 3 is 0.625 bits per heavy atom. The predicted octanol–water partition coefficient (Wildman–Crippen LogP) is 11.5. The summed E-state index contributed by atoms with van der Waals surface area (Å²) in [5.74, 6) is 20.3. The maximum Gasteiger partial charge on any atom is 0.148 e. The number of hydrogen-bond donors (Lipinski definition) is 0. The van der Waals surface area contributed by atoms with Gasteiger partial charge < -0.3 is 42.6 Å². The molecule has 72 heavy (non-hydrogen) atoms. The normalized spacial score (nSPS) is 10.1. The summed E-state index contributed by atoms with van der Waals surface area (Å²) in [6.45, 7) is 1.44. The van der Waals surface area contributed by atoms with Crippen LogP contribution in [0.2, 0.25) is 0 Å². The number of ether oxygens (including phenoxy) is 9. The van der Waals surface area contributed by atoms with Gasteiger partial charge in [0.1, 0.15) is 111 Å². The molecule has 0 spiro atoms. The molecule has 0 saturated heterocycles. The Bertz CT molecular complexity index is 2740. The third-order valence-corrected chi connectivity index (χ3v) is 10.5. The molecule has 7 rings (SSSR count). The lowest BCUT2D eigenvalue weighted by Crippen LogP contribution is -2.01. The van der Waals surface area contributed by atoms with Crippen molar-refractivity contribution in [2.45, 2.75) is 19.8 Å². The first kappa shape index (κ1) is 50.0. The summed E-state index contributed by atoms with van der Waals surface area (Å²) in [4.78, 5) is 0. The van der Waals surface area contributed by atoms with Gasteiger partial charge in [0.25, 0.3) is 0 Å². The molecule has 0 amide bonds. The van der Waals surface area contributed by atoms with Gasteiger partial charge in [0.05, 0.1) is 0 Å². The summed E-state index contributed by atoms with van der Waals surface area (Å²) >= 11 is 0. The second-order valence-electron chi connectivity index (χ2n) is 15.6. The van der Waals surface area contributed by atoms with Gasteiger partial charge >= 0.3 is 0 Å². The average Bonchev–Trinajstić information content (AvgIpc) is 3.42. The Balaban J connectivity index is 1.13. The molecule has 0 aliphatic rings. The van der Waals surface area contributed by atoms with Gasteiger partial charge in [0.2, 0.25) is 0 Å². The molecule has 0 atom stereocenters. The number of rotatable bonds is 24. The van der Waals surface area contributed by atoms with Crippen molar-refractivity contribution < 1.29 is 42.6 Å². The monoisotopic (exact) mass is 948 g/mol. The minimum Gasteiger partial charge on any atom is -0.489 e. The lowest BCUT2D eigenvalue weighted by molar-refractivity contribution is 0.302. The third kappa shape index (κ3) is 14.8. The topological polar surface area (TPSA) is 83.1 Å². The Hall–Kier alpha value is -9.90. The van der Waals surface area contributed by atoms with Gasteiger partial charge in [-0.1, -0.05) is 71.9 Å². The van der Waals surface area contributed by atoms with E-state index in [1.807, 2.05) is 109 Å². The molecule has 9 nitrogen and oxygen atoms in total. The molecular weight excluding hydrogens is 901 g/mol. The van der Waals surface area contributed by atoms with Gasteiger partial charge in [-0.15, -0.1) is 38.5 Å². The molecule has 354 valence electrons. The molecule has 0 radical (unpaired) electrons. The molecule has 0 heterocycles. The van der Waals surface area contributed by atoms with Gasteiger partial charge in [0.15, 0.2) is 0 Å². The van der Waals surface area contributed by atoms with Crippen LogP contribution in [0.1, 0.15) is 16.7 Å². The standard InChI is InChI=1S/C63H48O9/c1-7-25-64-58-31-46(32-59(40-58)65-26-8-2)43-70-55-19-13-49(14-20-55)52-37-53(50-15-21-56(22-16-50)71-44-47-33-60(66-27-9-3)41-61(34-47)67-28-10-4)39-54(38-52)51-17-23-57(24-18-51)72-45-48-35-62(68-29-11-5)42-63(36-48)69-30-12-6/h1-6,13-24,31-42H,25-30,43-45H2. The highest BCUT2D eigenvalue weighted by atomic mass is 16.5. The highest BCUT2D eigenvalue weighted by Gasteiger charge is 2.12. The fraction of sp³-hybridized carbons (Fsp3) is 0.143. The van der Waals surface area contributed by atoms with E-state index in [4.69, 9.17) is 81.2 Å². The fourth-order valence-electron chi connectivity index (χ4n) is 7.25. The van der Waals surface area contributed by atoms with Gasteiger partial charge in [0, 0.05) is 18.2 Å². The van der Waals surface area contributed by atoms with Crippen LogP contribution in [0.25, 0.3) is 33.4 Å². The lowest BCUT2D eigenvalue weighted by Gasteiger charge is -2.14. The second kappa shape index (κ2) is 26.0. The van der Waals surface area contributed by atoms with Crippen LogP contribution in [0, 0.1) is 74.1 Å². The van der Waals surface area contributed by atoms with E-state index in [2.05, 4.69) is 53.7 Å². The van der Waals surface area contributed by atoms with Crippen LogP contribution >= 0.6 is 0 Å². The zero-order chi connectivity index (χ0) is 50.3. The van der Waals surface area contributed by atoms with Crippen LogP contribution in [0.15, 0.2) is 146 Å². The molecule has 0 unspecified atom stereocenters. The van der Waals surface area contributed by atoms with Crippen molar-refractivity contribution in [2.75, 3.05) is 39.6 Å². The van der Waals surface area contributed by atoms with E-state index >= 15 is 0 Å². The molecular formula is C63H48O9. The Morgan fingerprint density at radius 1 is 0.222 bits per heavy atom. The molecule has 9 heteroatoms. The number of benzene rings is 7. The molecule has 0 N–H and O–H groups in total. The van der Waals surface area contributed by atoms with Gasteiger partial charge in [-0.2, -0.15) is 0 Å². The van der Waals surface area contributed by atoms with E-state index in [0.29, 0.717) is 51.7 Å². The van der Waals surface area contributed by atoms with Crippen molar-refractivity contribution in [3.05, 3.63) is 162 Å². The van der Waals surface area contributed by atoms with E-state index in [1.54, 1.807) is 18.2 Å². The highest BCUT2D eigenvalue weighted by Crippen LogP contribution is 2.36. The SMILES string of the molecule is C#CCOc1cc(COc2ccc(-c3cc(-c4ccc(OCc5cc(OCC#C)cc(OCC#C)c5)cc4)cc(-c4ccc(OCc5cc(OCC#C)cc(OCC#C)c5)cc4)c3)cc2)cc(OCC#C)c1. The van der Waals surface area contributed by atoms with Crippen molar-refractivity contribution in [3.8, 4) is 159 Å². The Morgan fingerprint density at radius 2 is 0.431 bits per heavy atom. The van der Waals surface area contributed by atoms with E-state index in [1.165, 1.54) is 0 Å².